The molecule has 70 valence electrons. The summed E-state index contributed by atoms with van der Waals surface area (Å²) < 4.78 is 4.75. The molecule has 4 nitrogen and oxygen atoms in total. The zero-order valence-corrected chi connectivity index (χ0v) is 7.33. The standard InChI is InChI=1S/C9H11NO3/c1-2-13-9(12)6-3-4-8(11)7(10)5-6/h3-4,10-11H,2,5H2,1H3. The minimum atomic E-state index is -0.420. The van der Waals surface area contributed by atoms with Gasteiger partial charge in [0.05, 0.1) is 12.3 Å². The summed E-state index contributed by atoms with van der Waals surface area (Å²) in [5.41, 5.74) is 0.454. The molecule has 0 bridgehead atoms. The summed E-state index contributed by atoms with van der Waals surface area (Å²) in [7, 11) is 0. The van der Waals surface area contributed by atoms with Gasteiger partial charge in [0.25, 0.3) is 0 Å². The van der Waals surface area contributed by atoms with Crippen LogP contribution in [0.4, 0.5) is 0 Å². The molecule has 0 radical (unpaired) electrons. The zero-order chi connectivity index (χ0) is 9.84. The van der Waals surface area contributed by atoms with E-state index >= 15 is 0 Å². The van der Waals surface area contributed by atoms with Crippen molar-refractivity contribution in [2.75, 3.05) is 6.61 Å². The molecule has 13 heavy (non-hydrogen) atoms. The second kappa shape index (κ2) is 3.89. The minimum Gasteiger partial charge on any atom is -0.506 e. The number of carbonyl (C=O) groups is 1. The van der Waals surface area contributed by atoms with Crippen LogP contribution in [0.1, 0.15) is 13.3 Å². The highest BCUT2D eigenvalue weighted by Crippen LogP contribution is 2.14. The number of carbonyl (C=O) groups excluding carboxylic acids is 1. The number of allylic oxidation sites excluding steroid dienone is 3. The normalized spacial score (nSPS) is 16.2. The van der Waals surface area contributed by atoms with E-state index in [-0.39, 0.29) is 17.9 Å². The molecule has 0 heterocycles. The van der Waals surface area contributed by atoms with E-state index in [1.165, 1.54) is 12.2 Å². The van der Waals surface area contributed by atoms with E-state index in [0.29, 0.717) is 12.2 Å². The molecule has 2 N–H and O–H groups in total. The maximum Gasteiger partial charge on any atom is 0.334 e. The van der Waals surface area contributed by atoms with Crippen LogP contribution in [0.15, 0.2) is 23.5 Å². The fourth-order valence-electron chi connectivity index (χ4n) is 0.984. The lowest BCUT2D eigenvalue weighted by Crippen LogP contribution is -2.15. The van der Waals surface area contributed by atoms with Crippen molar-refractivity contribution in [1.29, 1.82) is 5.41 Å². The Kier molecular flexibility index (Phi) is 2.84. The molecule has 0 amide bonds. The molecular formula is C9H11NO3. The van der Waals surface area contributed by atoms with Crippen molar-refractivity contribution in [3.05, 3.63) is 23.5 Å². The smallest absolute Gasteiger partial charge is 0.334 e. The SMILES string of the molecule is CCOC(=O)C1=CC=C(O)C(=N)C1. The van der Waals surface area contributed by atoms with Gasteiger partial charge in [-0.25, -0.2) is 4.79 Å². The van der Waals surface area contributed by atoms with Crippen LogP contribution in [-0.4, -0.2) is 23.4 Å². The molecule has 0 saturated carbocycles. The van der Waals surface area contributed by atoms with E-state index in [2.05, 4.69) is 0 Å². The fraction of sp³-hybridized carbons (Fsp3) is 0.333. The molecule has 1 aliphatic carbocycles. The van der Waals surface area contributed by atoms with Gasteiger partial charge in [0.2, 0.25) is 0 Å². The van der Waals surface area contributed by atoms with Crippen LogP contribution in [0.25, 0.3) is 0 Å². The Bertz CT molecular complexity index is 302. The van der Waals surface area contributed by atoms with Gasteiger partial charge in [-0.3, -0.25) is 0 Å². The van der Waals surface area contributed by atoms with E-state index in [4.69, 9.17) is 15.3 Å². The summed E-state index contributed by atoms with van der Waals surface area (Å²) >= 11 is 0. The van der Waals surface area contributed by atoms with E-state index in [1.807, 2.05) is 0 Å². The molecule has 1 aliphatic rings. The van der Waals surface area contributed by atoms with Crippen molar-refractivity contribution in [2.24, 2.45) is 0 Å². The first-order chi connectivity index (χ1) is 6.15. The summed E-state index contributed by atoms with van der Waals surface area (Å²) in [6.07, 6.45) is 2.95. The molecule has 0 aliphatic heterocycles. The Balaban J connectivity index is 2.73. The number of ether oxygens (including phenoxy) is 1. The van der Waals surface area contributed by atoms with Crippen molar-refractivity contribution >= 4 is 11.7 Å². The van der Waals surface area contributed by atoms with Crippen LogP contribution in [-0.2, 0) is 9.53 Å². The molecular weight excluding hydrogens is 170 g/mol. The molecule has 0 aromatic carbocycles. The topological polar surface area (TPSA) is 70.4 Å². The van der Waals surface area contributed by atoms with Gasteiger partial charge in [-0.15, -0.1) is 0 Å². The zero-order valence-electron chi connectivity index (χ0n) is 7.33. The summed E-state index contributed by atoms with van der Waals surface area (Å²) in [5.74, 6) is -0.510. The summed E-state index contributed by atoms with van der Waals surface area (Å²) in [4.78, 5) is 11.2. The Morgan fingerprint density at radius 3 is 2.92 bits per heavy atom. The predicted molar refractivity (Wildman–Crippen MR) is 47.8 cm³/mol. The first-order valence-electron chi connectivity index (χ1n) is 4.00. The van der Waals surface area contributed by atoms with Crippen LogP contribution in [0, 0.1) is 5.41 Å². The first-order valence-corrected chi connectivity index (χ1v) is 4.00. The second-order valence-corrected chi connectivity index (χ2v) is 2.62. The lowest BCUT2D eigenvalue weighted by molar-refractivity contribution is -0.138. The molecule has 0 spiro atoms. The molecule has 0 atom stereocenters. The molecule has 0 aromatic rings. The highest BCUT2D eigenvalue weighted by atomic mass is 16.5. The Labute approximate surface area is 76.0 Å². The van der Waals surface area contributed by atoms with Crippen LogP contribution < -0.4 is 0 Å². The first kappa shape index (κ1) is 9.51. The van der Waals surface area contributed by atoms with Crippen molar-refractivity contribution in [3.63, 3.8) is 0 Å². The van der Waals surface area contributed by atoms with Crippen LogP contribution in [0.5, 0.6) is 0 Å². The third-order valence-electron chi connectivity index (χ3n) is 1.66. The third-order valence-corrected chi connectivity index (χ3v) is 1.66. The Morgan fingerprint density at radius 1 is 1.69 bits per heavy atom. The van der Waals surface area contributed by atoms with Crippen LogP contribution in [0.2, 0.25) is 0 Å². The Hall–Kier alpha value is -1.58. The third kappa shape index (κ3) is 2.18. The van der Waals surface area contributed by atoms with Gasteiger partial charge >= 0.3 is 5.97 Å². The molecule has 4 heteroatoms. The van der Waals surface area contributed by atoms with Gasteiger partial charge in [-0.1, -0.05) is 0 Å². The maximum atomic E-state index is 11.2. The molecule has 0 saturated heterocycles. The van der Waals surface area contributed by atoms with E-state index in [9.17, 15) is 4.79 Å². The van der Waals surface area contributed by atoms with Gasteiger partial charge in [0.15, 0.2) is 0 Å². The molecule has 0 fully saturated rings. The van der Waals surface area contributed by atoms with Gasteiger partial charge in [-0.05, 0) is 19.1 Å². The van der Waals surface area contributed by atoms with Crippen molar-refractivity contribution in [2.45, 2.75) is 13.3 Å². The van der Waals surface area contributed by atoms with Gasteiger partial charge in [0, 0.05) is 12.0 Å². The van der Waals surface area contributed by atoms with Crippen LogP contribution in [0.3, 0.4) is 0 Å². The predicted octanol–water partition coefficient (Wildman–Crippen LogP) is 1.34. The Morgan fingerprint density at radius 2 is 2.38 bits per heavy atom. The lowest BCUT2D eigenvalue weighted by atomic mass is 10.0. The van der Waals surface area contributed by atoms with Crippen LogP contribution >= 0.6 is 0 Å². The number of hydrogen-bond donors (Lipinski definition) is 2. The summed E-state index contributed by atoms with van der Waals surface area (Å²) in [6.45, 7) is 2.04. The van der Waals surface area contributed by atoms with Crippen molar-refractivity contribution in [3.8, 4) is 0 Å². The van der Waals surface area contributed by atoms with Gasteiger partial charge < -0.3 is 15.3 Å². The van der Waals surface area contributed by atoms with E-state index < -0.39 is 5.97 Å². The highest BCUT2D eigenvalue weighted by molar-refractivity contribution is 6.05. The van der Waals surface area contributed by atoms with Gasteiger partial charge in [0.1, 0.15) is 5.76 Å². The monoisotopic (exact) mass is 181 g/mol. The largest absolute Gasteiger partial charge is 0.506 e. The summed E-state index contributed by atoms with van der Waals surface area (Å²) in [6, 6.07) is 0. The quantitative estimate of drug-likeness (QED) is 0.631. The summed E-state index contributed by atoms with van der Waals surface area (Å²) in [5, 5.41) is 16.3. The van der Waals surface area contributed by atoms with E-state index in [1.54, 1.807) is 6.92 Å². The minimum absolute atomic E-state index is 0.0468. The lowest BCUT2D eigenvalue weighted by Gasteiger charge is -2.10. The van der Waals surface area contributed by atoms with Crippen molar-refractivity contribution < 1.29 is 14.6 Å². The average Bonchev–Trinajstić information content (AvgIpc) is 2.10. The van der Waals surface area contributed by atoms with Crippen molar-refractivity contribution in [1.82, 2.24) is 0 Å². The number of rotatable bonds is 2. The molecule has 1 rings (SSSR count). The van der Waals surface area contributed by atoms with Gasteiger partial charge in [-0.2, -0.15) is 0 Å². The number of aliphatic hydroxyl groups excluding tert-OH is 1. The number of esters is 1. The average molecular weight is 181 g/mol. The number of nitrogens with one attached hydrogen (secondary N) is 1. The second-order valence-electron chi connectivity index (χ2n) is 2.62. The number of aliphatic hydroxyl groups is 1. The molecule has 0 aromatic heterocycles. The maximum absolute atomic E-state index is 11.2. The molecule has 0 unspecified atom stereocenters. The number of hydrogen-bond acceptors (Lipinski definition) is 4. The highest BCUT2D eigenvalue weighted by Gasteiger charge is 2.17. The fourth-order valence-corrected chi connectivity index (χ4v) is 0.984. The van der Waals surface area contributed by atoms with E-state index in [0.717, 1.165) is 0 Å².